The van der Waals surface area contributed by atoms with Crippen LogP contribution in [-0.2, 0) is 36.5 Å². The van der Waals surface area contributed by atoms with Crippen molar-refractivity contribution in [3.63, 3.8) is 0 Å². The maximum Gasteiger partial charge on any atom is 0.416 e. The van der Waals surface area contributed by atoms with Crippen LogP contribution >= 0.6 is 22.6 Å². The van der Waals surface area contributed by atoms with Crippen LogP contribution in [0.3, 0.4) is 0 Å². The second kappa shape index (κ2) is 13.9. The number of nitrogens with one attached hydrogen (secondary N) is 2. The van der Waals surface area contributed by atoms with Crippen LogP contribution in [0, 0.1) is 3.57 Å². The molecule has 3 rings (SSSR count). The molecule has 2 aromatic carbocycles. The van der Waals surface area contributed by atoms with Crippen molar-refractivity contribution < 1.29 is 42.1 Å². The molecule has 1 aliphatic rings. The van der Waals surface area contributed by atoms with Gasteiger partial charge < -0.3 is 25.2 Å². The van der Waals surface area contributed by atoms with Gasteiger partial charge in [0.25, 0.3) is 0 Å². The Hall–Kier alpha value is -3.55. The normalized spacial score (nSPS) is 15.3. The van der Waals surface area contributed by atoms with Crippen molar-refractivity contribution in [1.82, 2.24) is 10.6 Å². The Bertz CT molecular complexity index is 1390. The predicted molar refractivity (Wildman–Crippen MR) is 152 cm³/mol. The number of hydrogen-bond donors (Lipinski definition) is 3. The smallest absolute Gasteiger partial charge is 0.416 e. The summed E-state index contributed by atoms with van der Waals surface area (Å²) in [6.45, 7) is 4.31. The quantitative estimate of drug-likeness (QED) is 0.181. The monoisotopic (exact) mass is 686 g/mol. The number of ether oxygens (including phenoxy) is 2. The summed E-state index contributed by atoms with van der Waals surface area (Å²) in [6, 6.07) is 9.78. The fraction of sp³-hybridized carbons (Fsp3) is 0.345. The standard InChI is InChI=1S/C29H30F3IN2O6/c1-4-40-27(38)24-16(2)35-17(3)25(26(24)19-7-5-6-8-20(19)29(30,31)32)28(39)41-14-13-34-23(37)12-10-18-9-11-22(36)21(33)15-18/h5-9,11,15,26,35-36H,4,10,12-14H2,1-3H3,(H,34,37)/t26-/m1/s1. The van der Waals surface area contributed by atoms with Crippen LogP contribution in [0.25, 0.3) is 0 Å². The van der Waals surface area contributed by atoms with Crippen LogP contribution in [0.1, 0.15) is 49.8 Å². The molecular formula is C29H30F3IN2O6. The van der Waals surface area contributed by atoms with Gasteiger partial charge in [0.15, 0.2) is 0 Å². The molecule has 2 aromatic rings. The topological polar surface area (TPSA) is 114 Å². The number of phenols is 1. The van der Waals surface area contributed by atoms with Gasteiger partial charge in [-0.15, -0.1) is 0 Å². The zero-order valence-corrected chi connectivity index (χ0v) is 24.8. The third-order valence-electron chi connectivity index (χ3n) is 6.36. The number of carbonyl (C=O) groups excluding carboxylic acids is 3. The van der Waals surface area contributed by atoms with Crippen molar-refractivity contribution in [2.45, 2.75) is 45.7 Å². The minimum Gasteiger partial charge on any atom is -0.507 e. The third kappa shape index (κ3) is 8.02. The molecule has 220 valence electrons. The van der Waals surface area contributed by atoms with E-state index in [-0.39, 0.29) is 65.9 Å². The van der Waals surface area contributed by atoms with Crippen LogP contribution in [-0.4, -0.2) is 42.7 Å². The molecule has 0 fully saturated rings. The number of allylic oxidation sites excluding steroid dienone is 2. The molecule has 0 spiro atoms. The number of halogens is 4. The predicted octanol–water partition coefficient (Wildman–Crippen LogP) is 5.11. The molecule has 12 heteroatoms. The molecule has 1 atom stereocenters. The van der Waals surface area contributed by atoms with E-state index in [1.165, 1.54) is 32.0 Å². The van der Waals surface area contributed by atoms with Gasteiger partial charge in [-0.1, -0.05) is 24.3 Å². The van der Waals surface area contributed by atoms with E-state index in [0.717, 1.165) is 11.6 Å². The van der Waals surface area contributed by atoms with Gasteiger partial charge in [-0.25, -0.2) is 9.59 Å². The third-order valence-corrected chi connectivity index (χ3v) is 7.23. The van der Waals surface area contributed by atoms with E-state index in [1.54, 1.807) is 25.1 Å². The number of rotatable bonds is 10. The van der Waals surface area contributed by atoms with Gasteiger partial charge in [0.2, 0.25) is 5.91 Å². The van der Waals surface area contributed by atoms with Crippen LogP contribution in [0.4, 0.5) is 13.2 Å². The minimum atomic E-state index is -4.75. The van der Waals surface area contributed by atoms with Crippen LogP contribution in [0.15, 0.2) is 65.0 Å². The maximum atomic E-state index is 14.0. The molecule has 0 saturated heterocycles. The number of aromatic hydroxyl groups is 1. The summed E-state index contributed by atoms with van der Waals surface area (Å²) in [5, 5.41) is 15.2. The molecule has 1 amide bonds. The fourth-order valence-corrected chi connectivity index (χ4v) is 5.11. The summed E-state index contributed by atoms with van der Waals surface area (Å²) in [5.41, 5.74) is -0.207. The lowest BCUT2D eigenvalue weighted by Gasteiger charge is -2.31. The Morgan fingerprint density at radius 1 is 1.02 bits per heavy atom. The van der Waals surface area contributed by atoms with E-state index in [1.807, 2.05) is 22.6 Å². The molecule has 8 nitrogen and oxygen atoms in total. The summed E-state index contributed by atoms with van der Waals surface area (Å²) in [4.78, 5) is 38.5. The van der Waals surface area contributed by atoms with Gasteiger partial charge in [-0.3, -0.25) is 4.79 Å². The zero-order chi connectivity index (χ0) is 30.3. The second-order valence-corrected chi connectivity index (χ2v) is 10.4. The Labute approximate surface area is 249 Å². The number of amides is 1. The van der Waals surface area contributed by atoms with E-state index < -0.39 is 29.6 Å². The van der Waals surface area contributed by atoms with Gasteiger partial charge in [0.05, 0.1) is 39.3 Å². The van der Waals surface area contributed by atoms with Gasteiger partial charge in [0, 0.05) is 17.8 Å². The Kier molecular flexibility index (Phi) is 10.8. The Morgan fingerprint density at radius 3 is 2.27 bits per heavy atom. The molecule has 1 heterocycles. The Morgan fingerprint density at radius 2 is 1.66 bits per heavy atom. The summed E-state index contributed by atoms with van der Waals surface area (Å²) in [6.07, 6.45) is -4.16. The molecule has 0 bridgehead atoms. The van der Waals surface area contributed by atoms with Crippen molar-refractivity contribution in [2.75, 3.05) is 19.8 Å². The summed E-state index contributed by atoms with van der Waals surface area (Å²) in [7, 11) is 0. The van der Waals surface area contributed by atoms with Crippen LogP contribution < -0.4 is 10.6 Å². The van der Waals surface area contributed by atoms with E-state index in [4.69, 9.17) is 9.47 Å². The highest BCUT2D eigenvalue weighted by Crippen LogP contribution is 2.44. The summed E-state index contributed by atoms with van der Waals surface area (Å²) < 4.78 is 53.2. The van der Waals surface area contributed by atoms with Crippen molar-refractivity contribution in [3.8, 4) is 5.75 Å². The highest BCUT2D eigenvalue weighted by molar-refractivity contribution is 14.1. The lowest BCUT2D eigenvalue weighted by molar-refractivity contribution is -0.142. The van der Waals surface area contributed by atoms with Crippen LogP contribution in [0.2, 0.25) is 0 Å². The van der Waals surface area contributed by atoms with Gasteiger partial charge in [-0.2, -0.15) is 13.2 Å². The molecule has 41 heavy (non-hydrogen) atoms. The van der Waals surface area contributed by atoms with Crippen molar-refractivity contribution in [2.24, 2.45) is 0 Å². The van der Waals surface area contributed by atoms with E-state index >= 15 is 0 Å². The number of esters is 2. The number of carbonyl (C=O) groups is 3. The summed E-state index contributed by atoms with van der Waals surface area (Å²) in [5.74, 6) is -3.32. The minimum absolute atomic E-state index is 0.0165. The Balaban J connectivity index is 1.75. The molecule has 0 unspecified atom stereocenters. The van der Waals surface area contributed by atoms with Crippen molar-refractivity contribution >= 4 is 40.4 Å². The average Bonchev–Trinajstić information content (AvgIpc) is 2.90. The first-order chi connectivity index (χ1) is 19.3. The number of phenolic OH excluding ortho intramolecular Hbond substituents is 1. The molecule has 3 N–H and O–H groups in total. The molecule has 0 saturated carbocycles. The highest BCUT2D eigenvalue weighted by atomic mass is 127. The molecule has 0 aliphatic carbocycles. The van der Waals surface area contributed by atoms with Crippen molar-refractivity contribution in [3.05, 3.63) is 85.3 Å². The number of aryl methyl sites for hydroxylation is 1. The molecule has 0 aromatic heterocycles. The summed E-state index contributed by atoms with van der Waals surface area (Å²) >= 11 is 1.99. The number of benzene rings is 2. The number of alkyl halides is 3. The van der Waals surface area contributed by atoms with E-state index in [0.29, 0.717) is 9.99 Å². The SMILES string of the molecule is CCOC(=O)C1=C(C)NC(C)=C(C(=O)OCCNC(=O)CCc2ccc(O)c(I)c2)[C@@H]1c1ccccc1C(F)(F)F. The van der Waals surface area contributed by atoms with Crippen molar-refractivity contribution in [1.29, 1.82) is 0 Å². The molecule has 1 aliphatic heterocycles. The maximum absolute atomic E-state index is 14.0. The first-order valence-electron chi connectivity index (χ1n) is 12.8. The first kappa shape index (κ1) is 32.0. The van der Waals surface area contributed by atoms with Gasteiger partial charge >= 0.3 is 18.1 Å². The largest absolute Gasteiger partial charge is 0.507 e. The number of hydrogen-bond acceptors (Lipinski definition) is 7. The highest BCUT2D eigenvalue weighted by Gasteiger charge is 2.43. The lowest BCUT2D eigenvalue weighted by atomic mass is 9.78. The van der Waals surface area contributed by atoms with Gasteiger partial charge in [-0.05, 0) is 79.1 Å². The molecule has 0 radical (unpaired) electrons. The zero-order valence-electron chi connectivity index (χ0n) is 22.7. The second-order valence-electron chi connectivity index (χ2n) is 9.21. The van der Waals surface area contributed by atoms with Gasteiger partial charge in [0.1, 0.15) is 12.4 Å². The van der Waals surface area contributed by atoms with E-state index in [9.17, 15) is 32.7 Å². The van der Waals surface area contributed by atoms with Crippen LogP contribution in [0.5, 0.6) is 5.75 Å². The molecular weight excluding hydrogens is 656 g/mol. The van der Waals surface area contributed by atoms with E-state index in [2.05, 4.69) is 10.6 Å². The lowest BCUT2D eigenvalue weighted by Crippen LogP contribution is -2.34. The number of dihydropyridines is 1. The average molecular weight is 686 g/mol. The fourth-order valence-electron chi connectivity index (χ4n) is 4.53. The first-order valence-corrected chi connectivity index (χ1v) is 13.9.